The molecule has 1 fully saturated rings. The number of aryl methyl sites for hydroxylation is 1. The molecule has 3 unspecified atom stereocenters. The van der Waals surface area contributed by atoms with Gasteiger partial charge in [-0.15, -0.1) is 12.4 Å². The van der Waals surface area contributed by atoms with Crippen molar-refractivity contribution in [3.63, 3.8) is 0 Å². The van der Waals surface area contributed by atoms with E-state index in [-0.39, 0.29) is 24.4 Å². The lowest BCUT2D eigenvalue weighted by Gasteiger charge is -2.37. The Morgan fingerprint density at radius 1 is 1.17 bits per heavy atom. The number of benzene rings is 2. The number of nitrogens with one attached hydrogen (secondary N) is 2. The lowest BCUT2D eigenvalue weighted by atomic mass is 9.89. The SMILES string of the molecule is COc1cc2c(cc1CNC1CCC(C)NC1c1ccccc1)N(C)C(=O)CC2.Cl. The van der Waals surface area contributed by atoms with Gasteiger partial charge in [0.25, 0.3) is 0 Å². The minimum absolute atomic E-state index is 0. The molecule has 2 aromatic carbocycles. The second-order valence-electron chi connectivity index (χ2n) is 8.27. The van der Waals surface area contributed by atoms with Gasteiger partial charge in [-0.2, -0.15) is 0 Å². The minimum atomic E-state index is 0. The number of hydrogen-bond donors (Lipinski definition) is 2. The van der Waals surface area contributed by atoms with E-state index in [9.17, 15) is 4.79 Å². The van der Waals surface area contributed by atoms with Gasteiger partial charge in [0.2, 0.25) is 5.91 Å². The van der Waals surface area contributed by atoms with Crippen LogP contribution in [0.3, 0.4) is 0 Å². The van der Waals surface area contributed by atoms with Crippen LogP contribution in [-0.4, -0.2) is 32.1 Å². The Bertz CT molecular complexity index is 874. The maximum Gasteiger partial charge on any atom is 0.227 e. The molecule has 2 aliphatic heterocycles. The molecule has 6 heteroatoms. The van der Waals surface area contributed by atoms with E-state index < -0.39 is 0 Å². The summed E-state index contributed by atoms with van der Waals surface area (Å²) >= 11 is 0. The number of fused-ring (bicyclic) bond motifs is 1. The summed E-state index contributed by atoms with van der Waals surface area (Å²) in [6, 6.07) is 16.0. The maximum atomic E-state index is 12.1. The lowest BCUT2D eigenvalue weighted by molar-refractivity contribution is -0.118. The van der Waals surface area contributed by atoms with Crippen molar-refractivity contribution in [2.45, 2.75) is 57.3 Å². The standard InChI is InChI=1S/C24H31N3O2.ClH/c1-16-9-11-20(24(26-16)17-7-5-4-6-8-17)25-15-19-13-21-18(14-22(19)29-3)10-12-23(28)27(21)2;/h4-8,13-14,16,20,24-26H,9-12,15H2,1-3H3;1H. The van der Waals surface area contributed by atoms with Crippen LogP contribution >= 0.6 is 12.4 Å². The fourth-order valence-corrected chi connectivity index (χ4v) is 4.59. The van der Waals surface area contributed by atoms with Gasteiger partial charge >= 0.3 is 0 Å². The molecule has 1 saturated heterocycles. The van der Waals surface area contributed by atoms with E-state index in [1.165, 1.54) is 11.1 Å². The molecule has 0 saturated carbocycles. The third kappa shape index (κ3) is 4.64. The minimum Gasteiger partial charge on any atom is -0.496 e. The van der Waals surface area contributed by atoms with Crippen molar-refractivity contribution in [3.05, 3.63) is 59.2 Å². The smallest absolute Gasteiger partial charge is 0.227 e. The Labute approximate surface area is 185 Å². The molecular formula is C24H32ClN3O2. The fourth-order valence-electron chi connectivity index (χ4n) is 4.59. The van der Waals surface area contributed by atoms with Crippen LogP contribution in [0.25, 0.3) is 0 Å². The van der Waals surface area contributed by atoms with Crippen molar-refractivity contribution in [1.29, 1.82) is 0 Å². The van der Waals surface area contributed by atoms with Crippen molar-refractivity contribution in [2.24, 2.45) is 0 Å². The van der Waals surface area contributed by atoms with E-state index in [1.807, 2.05) is 7.05 Å². The molecule has 0 aliphatic carbocycles. The summed E-state index contributed by atoms with van der Waals surface area (Å²) in [5.74, 6) is 1.07. The summed E-state index contributed by atoms with van der Waals surface area (Å²) in [5, 5.41) is 7.53. The highest BCUT2D eigenvalue weighted by molar-refractivity contribution is 5.96. The molecule has 162 valence electrons. The zero-order chi connectivity index (χ0) is 20.4. The Hall–Kier alpha value is -2.08. The van der Waals surface area contributed by atoms with E-state index in [4.69, 9.17) is 4.74 Å². The molecule has 0 aromatic heterocycles. The molecule has 2 N–H and O–H groups in total. The molecule has 1 amide bonds. The molecule has 2 heterocycles. The Kier molecular flexibility index (Phi) is 7.40. The molecule has 0 spiro atoms. The third-order valence-corrected chi connectivity index (χ3v) is 6.32. The van der Waals surface area contributed by atoms with Crippen LogP contribution in [0.1, 0.15) is 48.9 Å². The zero-order valence-electron chi connectivity index (χ0n) is 18.0. The molecule has 5 nitrogen and oxygen atoms in total. The quantitative estimate of drug-likeness (QED) is 0.754. The number of amides is 1. The highest BCUT2D eigenvalue weighted by atomic mass is 35.5. The van der Waals surface area contributed by atoms with Gasteiger partial charge in [0.1, 0.15) is 5.75 Å². The maximum absolute atomic E-state index is 12.1. The number of hydrogen-bond acceptors (Lipinski definition) is 4. The summed E-state index contributed by atoms with van der Waals surface area (Å²) in [7, 11) is 3.58. The largest absolute Gasteiger partial charge is 0.496 e. The Balaban J connectivity index is 0.00000256. The van der Waals surface area contributed by atoms with Crippen LogP contribution in [0.2, 0.25) is 0 Å². The second-order valence-corrected chi connectivity index (χ2v) is 8.27. The van der Waals surface area contributed by atoms with Gasteiger partial charge in [0.05, 0.1) is 7.11 Å². The van der Waals surface area contributed by atoms with Gasteiger partial charge in [-0.05, 0) is 49.4 Å². The zero-order valence-corrected chi connectivity index (χ0v) is 18.8. The molecule has 4 rings (SSSR count). The predicted molar refractivity (Wildman–Crippen MR) is 124 cm³/mol. The molecule has 0 bridgehead atoms. The summed E-state index contributed by atoms with van der Waals surface area (Å²) in [6.45, 7) is 2.97. The van der Waals surface area contributed by atoms with Crippen molar-refractivity contribution in [2.75, 3.05) is 19.1 Å². The number of nitrogens with zero attached hydrogens (tertiary/aromatic N) is 1. The first-order valence-electron chi connectivity index (χ1n) is 10.6. The van der Waals surface area contributed by atoms with Crippen LogP contribution in [-0.2, 0) is 17.8 Å². The average molecular weight is 430 g/mol. The predicted octanol–water partition coefficient (Wildman–Crippen LogP) is 4.00. The number of carbonyl (C=O) groups is 1. The van der Waals surface area contributed by atoms with Gasteiger partial charge in [-0.25, -0.2) is 0 Å². The Morgan fingerprint density at radius 2 is 1.93 bits per heavy atom. The highest BCUT2D eigenvalue weighted by Crippen LogP contribution is 2.34. The Morgan fingerprint density at radius 3 is 2.67 bits per heavy atom. The van der Waals surface area contributed by atoms with Gasteiger partial charge in [-0.1, -0.05) is 30.3 Å². The van der Waals surface area contributed by atoms with E-state index in [2.05, 4.69) is 60.0 Å². The van der Waals surface area contributed by atoms with Crippen LogP contribution < -0.4 is 20.3 Å². The van der Waals surface area contributed by atoms with E-state index in [0.717, 1.165) is 36.3 Å². The number of anilines is 1. The van der Waals surface area contributed by atoms with Crippen molar-refractivity contribution in [1.82, 2.24) is 10.6 Å². The fraction of sp³-hybridized carbons (Fsp3) is 0.458. The van der Waals surface area contributed by atoms with Crippen molar-refractivity contribution in [3.8, 4) is 5.75 Å². The normalized spacial score (nSPS) is 23.5. The lowest BCUT2D eigenvalue weighted by Crippen LogP contribution is -2.49. The van der Waals surface area contributed by atoms with E-state index in [0.29, 0.717) is 25.0 Å². The molecule has 30 heavy (non-hydrogen) atoms. The number of ether oxygens (including phenoxy) is 1. The summed E-state index contributed by atoms with van der Waals surface area (Å²) < 4.78 is 5.68. The van der Waals surface area contributed by atoms with Crippen LogP contribution in [0.15, 0.2) is 42.5 Å². The molecular weight excluding hydrogens is 398 g/mol. The highest BCUT2D eigenvalue weighted by Gasteiger charge is 2.29. The number of rotatable bonds is 5. The van der Waals surface area contributed by atoms with Gasteiger partial charge in [0.15, 0.2) is 0 Å². The monoisotopic (exact) mass is 429 g/mol. The van der Waals surface area contributed by atoms with Crippen LogP contribution in [0.5, 0.6) is 5.75 Å². The first-order valence-corrected chi connectivity index (χ1v) is 10.6. The third-order valence-electron chi connectivity index (χ3n) is 6.32. The summed E-state index contributed by atoms with van der Waals surface area (Å²) in [5.41, 5.74) is 4.61. The molecule has 2 aromatic rings. The average Bonchev–Trinajstić information content (AvgIpc) is 2.75. The van der Waals surface area contributed by atoms with Gasteiger partial charge in [0, 0.05) is 49.4 Å². The number of halogens is 1. The first kappa shape index (κ1) is 22.6. The molecule has 0 radical (unpaired) electrons. The number of methoxy groups -OCH3 is 1. The summed E-state index contributed by atoms with van der Waals surface area (Å²) in [6.07, 6.45) is 3.62. The van der Waals surface area contributed by atoms with Gasteiger partial charge in [-0.3, -0.25) is 4.79 Å². The summed E-state index contributed by atoms with van der Waals surface area (Å²) in [4.78, 5) is 13.9. The topological polar surface area (TPSA) is 53.6 Å². The van der Waals surface area contributed by atoms with Crippen molar-refractivity contribution < 1.29 is 9.53 Å². The van der Waals surface area contributed by atoms with Gasteiger partial charge < -0.3 is 20.3 Å². The van der Waals surface area contributed by atoms with Crippen LogP contribution in [0.4, 0.5) is 5.69 Å². The number of carbonyl (C=O) groups excluding carboxylic acids is 1. The van der Waals surface area contributed by atoms with E-state index in [1.54, 1.807) is 12.0 Å². The second kappa shape index (κ2) is 9.82. The first-order chi connectivity index (χ1) is 14.1. The molecule has 3 atom stereocenters. The molecule has 2 aliphatic rings. The van der Waals surface area contributed by atoms with Crippen molar-refractivity contribution >= 4 is 24.0 Å². The van der Waals surface area contributed by atoms with E-state index >= 15 is 0 Å². The number of piperidine rings is 1. The van der Waals surface area contributed by atoms with Crippen LogP contribution in [0, 0.1) is 0 Å².